The summed E-state index contributed by atoms with van der Waals surface area (Å²) < 4.78 is 0. The van der Waals surface area contributed by atoms with E-state index in [-0.39, 0.29) is 0 Å². The lowest BCUT2D eigenvalue weighted by Crippen LogP contribution is -2.37. The van der Waals surface area contributed by atoms with E-state index in [0.717, 1.165) is 29.6 Å². The SMILES string of the molecule is CCC1CCC(C)C2CCC(C)CC12. The van der Waals surface area contributed by atoms with Gasteiger partial charge in [0.05, 0.1) is 0 Å². The highest BCUT2D eigenvalue weighted by molar-refractivity contribution is 4.89. The van der Waals surface area contributed by atoms with Crippen LogP contribution in [0.5, 0.6) is 0 Å². The molecule has 0 heterocycles. The number of hydrogen-bond donors (Lipinski definition) is 0. The summed E-state index contributed by atoms with van der Waals surface area (Å²) in [6.45, 7) is 7.36. The minimum atomic E-state index is 1.01. The minimum absolute atomic E-state index is 1.01. The zero-order chi connectivity index (χ0) is 10.1. The summed E-state index contributed by atoms with van der Waals surface area (Å²) in [6.07, 6.45) is 9.03. The largest absolute Gasteiger partial charge is 0.0651 e. The predicted octanol–water partition coefficient (Wildman–Crippen LogP) is 4.49. The van der Waals surface area contributed by atoms with Crippen molar-refractivity contribution < 1.29 is 0 Å². The van der Waals surface area contributed by atoms with Gasteiger partial charge in [-0.15, -0.1) is 0 Å². The fraction of sp³-hybridized carbons (Fsp3) is 1.00. The Balaban J connectivity index is 2.07. The zero-order valence-corrected chi connectivity index (χ0v) is 10.1. The van der Waals surface area contributed by atoms with E-state index in [1.54, 1.807) is 0 Å². The quantitative estimate of drug-likeness (QED) is 0.577. The van der Waals surface area contributed by atoms with Crippen LogP contribution in [0.1, 0.15) is 59.3 Å². The maximum absolute atomic E-state index is 2.50. The third kappa shape index (κ3) is 1.85. The Morgan fingerprint density at radius 2 is 1.71 bits per heavy atom. The van der Waals surface area contributed by atoms with E-state index in [2.05, 4.69) is 20.8 Å². The molecule has 0 aromatic heterocycles. The van der Waals surface area contributed by atoms with Gasteiger partial charge in [-0.25, -0.2) is 0 Å². The molecule has 0 spiro atoms. The molecule has 14 heavy (non-hydrogen) atoms. The molecule has 0 N–H and O–H groups in total. The number of rotatable bonds is 1. The van der Waals surface area contributed by atoms with Gasteiger partial charge in [0, 0.05) is 0 Å². The van der Waals surface area contributed by atoms with Crippen LogP contribution in [0.15, 0.2) is 0 Å². The lowest BCUT2D eigenvalue weighted by Gasteiger charge is -2.46. The zero-order valence-electron chi connectivity index (χ0n) is 10.1. The van der Waals surface area contributed by atoms with E-state index in [0.29, 0.717) is 0 Å². The van der Waals surface area contributed by atoms with Gasteiger partial charge in [-0.05, 0) is 48.9 Å². The topological polar surface area (TPSA) is 0 Å². The van der Waals surface area contributed by atoms with Gasteiger partial charge in [0.25, 0.3) is 0 Å². The van der Waals surface area contributed by atoms with Crippen LogP contribution in [0.4, 0.5) is 0 Å². The molecule has 5 unspecified atom stereocenters. The molecule has 0 aliphatic heterocycles. The van der Waals surface area contributed by atoms with E-state index in [1.807, 2.05) is 0 Å². The van der Waals surface area contributed by atoms with Gasteiger partial charge < -0.3 is 0 Å². The molecule has 0 radical (unpaired) electrons. The summed E-state index contributed by atoms with van der Waals surface area (Å²) in [5.41, 5.74) is 0. The Bertz CT molecular complexity index is 184. The van der Waals surface area contributed by atoms with Gasteiger partial charge in [-0.3, -0.25) is 0 Å². The van der Waals surface area contributed by atoms with Crippen LogP contribution in [-0.2, 0) is 0 Å². The van der Waals surface area contributed by atoms with Crippen molar-refractivity contribution in [3.8, 4) is 0 Å². The molecule has 0 aromatic rings. The van der Waals surface area contributed by atoms with Crippen molar-refractivity contribution in [1.82, 2.24) is 0 Å². The molecular weight excluding hydrogens is 168 g/mol. The molecule has 0 aromatic carbocycles. The smallest absolute Gasteiger partial charge is 0.0352 e. The monoisotopic (exact) mass is 194 g/mol. The Hall–Kier alpha value is 0. The van der Waals surface area contributed by atoms with Crippen molar-refractivity contribution in [1.29, 1.82) is 0 Å². The summed E-state index contributed by atoms with van der Waals surface area (Å²) in [6, 6.07) is 0. The fourth-order valence-corrected chi connectivity index (χ4v) is 4.11. The molecule has 0 saturated heterocycles. The van der Waals surface area contributed by atoms with E-state index in [4.69, 9.17) is 0 Å². The normalized spacial score (nSPS) is 48.6. The van der Waals surface area contributed by atoms with Crippen LogP contribution in [0.2, 0.25) is 0 Å². The van der Waals surface area contributed by atoms with Crippen LogP contribution in [0, 0.1) is 29.6 Å². The Morgan fingerprint density at radius 3 is 2.43 bits per heavy atom. The van der Waals surface area contributed by atoms with Crippen LogP contribution < -0.4 is 0 Å². The van der Waals surface area contributed by atoms with Crippen molar-refractivity contribution in [2.75, 3.05) is 0 Å². The van der Waals surface area contributed by atoms with Crippen molar-refractivity contribution in [2.24, 2.45) is 29.6 Å². The molecule has 2 saturated carbocycles. The molecule has 2 fully saturated rings. The average molecular weight is 194 g/mol. The summed E-state index contributed by atoms with van der Waals surface area (Å²) in [7, 11) is 0. The molecule has 0 nitrogen and oxygen atoms in total. The lowest BCUT2D eigenvalue weighted by molar-refractivity contribution is 0.0370. The molecule has 2 aliphatic rings. The predicted molar refractivity (Wildman–Crippen MR) is 62.2 cm³/mol. The van der Waals surface area contributed by atoms with Crippen molar-refractivity contribution in [3.63, 3.8) is 0 Å². The molecule has 2 rings (SSSR count). The molecule has 2 aliphatic carbocycles. The van der Waals surface area contributed by atoms with E-state index in [9.17, 15) is 0 Å². The molecule has 82 valence electrons. The maximum atomic E-state index is 2.50. The fourth-order valence-electron chi connectivity index (χ4n) is 4.11. The van der Waals surface area contributed by atoms with Gasteiger partial charge in [-0.2, -0.15) is 0 Å². The second-order valence-electron chi connectivity index (χ2n) is 5.97. The van der Waals surface area contributed by atoms with E-state index >= 15 is 0 Å². The Morgan fingerprint density at radius 1 is 0.929 bits per heavy atom. The number of fused-ring (bicyclic) bond motifs is 1. The molecule has 5 atom stereocenters. The van der Waals surface area contributed by atoms with Crippen LogP contribution in [0.25, 0.3) is 0 Å². The van der Waals surface area contributed by atoms with Crippen molar-refractivity contribution in [3.05, 3.63) is 0 Å². The third-order valence-electron chi connectivity index (χ3n) is 5.07. The maximum Gasteiger partial charge on any atom is -0.0352 e. The van der Waals surface area contributed by atoms with Gasteiger partial charge in [0.1, 0.15) is 0 Å². The summed E-state index contributed by atoms with van der Waals surface area (Å²) in [4.78, 5) is 0. The first-order valence-electron chi connectivity index (χ1n) is 6.72. The van der Waals surface area contributed by atoms with Crippen LogP contribution in [0.3, 0.4) is 0 Å². The molecule has 0 bridgehead atoms. The highest BCUT2D eigenvalue weighted by Gasteiger charge is 2.39. The highest BCUT2D eigenvalue weighted by atomic mass is 14.4. The summed E-state index contributed by atoms with van der Waals surface area (Å²) in [5, 5.41) is 0. The Kier molecular flexibility index (Phi) is 3.19. The van der Waals surface area contributed by atoms with E-state index < -0.39 is 0 Å². The van der Waals surface area contributed by atoms with Gasteiger partial charge >= 0.3 is 0 Å². The van der Waals surface area contributed by atoms with Gasteiger partial charge in [0.15, 0.2) is 0 Å². The first-order valence-corrected chi connectivity index (χ1v) is 6.72. The molecule has 0 heteroatoms. The van der Waals surface area contributed by atoms with Crippen LogP contribution in [-0.4, -0.2) is 0 Å². The van der Waals surface area contributed by atoms with Gasteiger partial charge in [-0.1, -0.05) is 40.0 Å². The highest BCUT2D eigenvalue weighted by Crippen LogP contribution is 2.48. The first-order chi connectivity index (χ1) is 6.72. The summed E-state index contributed by atoms with van der Waals surface area (Å²) in [5.74, 6) is 5.28. The summed E-state index contributed by atoms with van der Waals surface area (Å²) >= 11 is 0. The Labute approximate surface area is 89.5 Å². The van der Waals surface area contributed by atoms with Crippen molar-refractivity contribution in [2.45, 2.75) is 59.3 Å². The van der Waals surface area contributed by atoms with Crippen molar-refractivity contribution >= 4 is 0 Å². The molecular formula is C14H26. The lowest BCUT2D eigenvalue weighted by atomic mass is 9.59. The minimum Gasteiger partial charge on any atom is -0.0651 e. The second kappa shape index (κ2) is 4.24. The van der Waals surface area contributed by atoms with Gasteiger partial charge in [0.2, 0.25) is 0 Å². The standard InChI is InChI=1S/C14H26/c1-4-12-7-6-11(3)13-8-5-10(2)9-14(12)13/h10-14H,4-9H2,1-3H3. The average Bonchev–Trinajstić information content (AvgIpc) is 2.18. The number of hydrogen-bond acceptors (Lipinski definition) is 0. The molecule has 0 amide bonds. The second-order valence-corrected chi connectivity index (χ2v) is 5.97. The third-order valence-corrected chi connectivity index (χ3v) is 5.07. The van der Waals surface area contributed by atoms with Crippen LogP contribution >= 0.6 is 0 Å². The first kappa shape index (κ1) is 10.5. The van der Waals surface area contributed by atoms with E-state index in [1.165, 1.54) is 38.5 Å².